The Hall–Kier alpha value is -1.01. The number of hydrogen-bond donors (Lipinski definition) is 7. The molecule has 54 heavy (non-hydrogen) atoms. The van der Waals surface area contributed by atoms with E-state index in [1.807, 2.05) is 0 Å². The first-order valence-electron chi connectivity index (χ1n) is 21.1. The molecule has 0 aromatic rings. The van der Waals surface area contributed by atoms with Gasteiger partial charge in [0.2, 0.25) is 0 Å². The fraction of sp³-hybridized carbons (Fsp3) is 0.975. The van der Waals surface area contributed by atoms with Gasteiger partial charge in [0, 0.05) is 13.5 Å². The molecule has 2 aliphatic rings. The van der Waals surface area contributed by atoms with Crippen LogP contribution in [0.2, 0.25) is 0 Å². The SMILES string of the molecule is CCCCCCCCCCCCCCCCCCCCCCCOCC(COC1OC(COC2OC(CO)C(O)C(O)C2O)C(O)C(O)C1O)OC(C)=O. The zero-order valence-corrected chi connectivity index (χ0v) is 33.2. The molecule has 2 aliphatic heterocycles. The highest BCUT2D eigenvalue weighted by molar-refractivity contribution is 5.66. The van der Waals surface area contributed by atoms with Crippen molar-refractivity contribution in [2.24, 2.45) is 0 Å². The molecule has 11 unspecified atom stereocenters. The number of rotatable bonds is 32. The number of aliphatic hydroxyl groups is 7. The van der Waals surface area contributed by atoms with Crippen molar-refractivity contribution in [3.8, 4) is 0 Å². The van der Waals surface area contributed by atoms with Crippen molar-refractivity contribution in [2.45, 2.75) is 216 Å². The van der Waals surface area contributed by atoms with E-state index in [2.05, 4.69) is 6.92 Å². The maximum Gasteiger partial charge on any atom is 0.303 e. The molecule has 7 N–H and O–H groups in total. The molecule has 2 rings (SSSR count). The highest BCUT2D eigenvalue weighted by Gasteiger charge is 2.47. The molecule has 2 fully saturated rings. The van der Waals surface area contributed by atoms with Gasteiger partial charge in [-0.05, 0) is 6.42 Å². The number of aliphatic hydroxyl groups excluding tert-OH is 7. The molecule has 2 saturated heterocycles. The van der Waals surface area contributed by atoms with Crippen molar-refractivity contribution in [1.29, 1.82) is 0 Å². The lowest BCUT2D eigenvalue weighted by molar-refractivity contribution is -0.332. The molecule has 14 nitrogen and oxygen atoms in total. The van der Waals surface area contributed by atoms with Crippen molar-refractivity contribution >= 4 is 5.97 Å². The van der Waals surface area contributed by atoms with E-state index in [4.69, 9.17) is 28.4 Å². The first-order valence-corrected chi connectivity index (χ1v) is 21.1. The Morgan fingerprint density at radius 1 is 0.537 bits per heavy atom. The zero-order valence-electron chi connectivity index (χ0n) is 33.2. The molecule has 11 atom stereocenters. The lowest BCUT2D eigenvalue weighted by Gasteiger charge is -2.42. The highest BCUT2D eigenvalue weighted by atomic mass is 16.7. The second-order valence-corrected chi connectivity index (χ2v) is 15.3. The second-order valence-electron chi connectivity index (χ2n) is 15.3. The molecule has 0 bridgehead atoms. The molecule has 320 valence electrons. The van der Waals surface area contributed by atoms with Crippen LogP contribution in [-0.4, -0.2) is 142 Å². The Kier molecular flexibility index (Phi) is 27.4. The van der Waals surface area contributed by atoms with Crippen LogP contribution in [0.4, 0.5) is 0 Å². The Balaban J connectivity index is 1.53. The number of unbranched alkanes of at least 4 members (excludes halogenated alkanes) is 20. The van der Waals surface area contributed by atoms with Crippen LogP contribution in [-0.2, 0) is 33.2 Å². The maximum atomic E-state index is 11.7. The lowest BCUT2D eigenvalue weighted by atomic mass is 9.98. The Morgan fingerprint density at radius 2 is 0.944 bits per heavy atom. The summed E-state index contributed by atoms with van der Waals surface area (Å²) >= 11 is 0. The average Bonchev–Trinajstić information content (AvgIpc) is 3.15. The molecule has 0 aromatic heterocycles. The third-order valence-electron chi connectivity index (χ3n) is 10.4. The minimum Gasteiger partial charge on any atom is -0.458 e. The predicted molar refractivity (Wildman–Crippen MR) is 201 cm³/mol. The van der Waals surface area contributed by atoms with E-state index in [1.165, 1.54) is 122 Å². The molecule has 0 aromatic carbocycles. The quantitative estimate of drug-likeness (QED) is 0.0383. The van der Waals surface area contributed by atoms with Crippen LogP contribution in [0.3, 0.4) is 0 Å². The molecule has 0 amide bonds. The summed E-state index contributed by atoms with van der Waals surface area (Å²) in [7, 11) is 0. The maximum absolute atomic E-state index is 11.7. The largest absolute Gasteiger partial charge is 0.458 e. The van der Waals surface area contributed by atoms with E-state index < -0.39 is 86.7 Å². The summed E-state index contributed by atoms with van der Waals surface area (Å²) < 4.78 is 33.1. The summed E-state index contributed by atoms with van der Waals surface area (Å²) in [6, 6.07) is 0. The number of hydrogen-bond acceptors (Lipinski definition) is 14. The molecular formula is C40H76O14. The van der Waals surface area contributed by atoms with E-state index in [9.17, 15) is 40.5 Å². The highest BCUT2D eigenvalue weighted by Crippen LogP contribution is 2.26. The van der Waals surface area contributed by atoms with Gasteiger partial charge < -0.3 is 64.2 Å². The summed E-state index contributed by atoms with van der Waals surface area (Å²) in [5.41, 5.74) is 0. The van der Waals surface area contributed by atoms with Crippen molar-refractivity contribution in [3.05, 3.63) is 0 Å². The predicted octanol–water partition coefficient (Wildman–Crippen LogP) is 3.79. The summed E-state index contributed by atoms with van der Waals surface area (Å²) in [6.45, 7) is 2.70. The third kappa shape index (κ3) is 19.9. The molecule has 14 heteroatoms. The standard InChI is InChI=1S/C40H76O14/c1-3-4-5-6-7-8-9-10-11-12-13-14-15-16-17-18-19-20-21-22-23-24-49-26-30(52-29(2)42)27-50-39-38(48)36(46)34(44)32(54-39)28-51-40-37(47)35(45)33(43)31(25-41)53-40/h30-41,43-48H,3-28H2,1-2H3. The monoisotopic (exact) mass is 781 g/mol. The fourth-order valence-corrected chi connectivity index (χ4v) is 6.99. The Morgan fingerprint density at radius 3 is 1.39 bits per heavy atom. The molecule has 0 saturated carbocycles. The molecular weight excluding hydrogens is 704 g/mol. The summed E-state index contributed by atoms with van der Waals surface area (Å²) in [6.07, 6.45) is 11.5. The Bertz CT molecular complexity index is 912. The van der Waals surface area contributed by atoms with Crippen molar-refractivity contribution in [2.75, 3.05) is 33.0 Å². The number of carbonyl (C=O) groups excluding carboxylic acids is 1. The second kappa shape index (κ2) is 30.1. The zero-order chi connectivity index (χ0) is 39.6. The molecule has 0 aliphatic carbocycles. The van der Waals surface area contributed by atoms with Crippen molar-refractivity contribution in [3.63, 3.8) is 0 Å². The van der Waals surface area contributed by atoms with E-state index in [0.717, 1.165) is 19.3 Å². The molecule has 0 spiro atoms. The van der Waals surface area contributed by atoms with E-state index >= 15 is 0 Å². The van der Waals surface area contributed by atoms with Gasteiger partial charge in [-0.15, -0.1) is 0 Å². The summed E-state index contributed by atoms with van der Waals surface area (Å²) in [4.78, 5) is 11.7. The normalized spacial score (nSPS) is 29.4. The lowest BCUT2D eigenvalue weighted by Crippen LogP contribution is -2.61. The van der Waals surface area contributed by atoms with Gasteiger partial charge in [0.15, 0.2) is 12.6 Å². The van der Waals surface area contributed by atoms with Gasteiger partial charge >= 0.3 is 5.97 Å². The summed E-state index contributed by atoms with van der Waals surface area (Å²) in [5.74, 6) is -0.548. The van der Waals surface area contributed by atoms with Crippen LogP contribution in [0.5, 0.6) is 0 Å². The van der Waals surface area contributed by atoms with Crippen LogP contribution < -0.4 is 0 Å². The van der Waals surface area contributed by atoms with E-state index in [0.29, 0.717) is 6.61 Å². The first kappa shape index (κ1) is 49.1. The fourth-order valence-electron chi connectivity index (χ4n) is 6.99. The first-order chi connectivity index (χ1) is 26.1. The van der Waals surface area contributed by atoms with Crippen LogP contribution >= 0.6 is 0 Å². The van der Waals surface area contributed by atoms with Crippen LogP contribution in [0.15, 0.2) is 0 Å². The number of esters is 1. The van der Waals surface area contributed by atoms with Gasteiger partial charge in [-0.3, -0.25) is 4.79 Å². The minimum absolute atomic E-state index is 0.0520. The molecule has 0 radical (unpaired) electrons. The van der Waals surface area contributed by atoms with E-state index in [-0.39, 0.29) is 13.2 Å². The van der Waals surface area contributed by atoms with Crippen molar-refractivity contribution < 1.29 is 69.0 Å². The van der Waals surface area contributed by atoms with Gasteiger partial charge in [-0.25, -0.2) is 0 Å². The minimum atomic E-state index is -1.69. The smallest absolute Gasteiger partial charge is 0.303 e. The van der Waals surface area contributed by atoms with Crippen molar-refractivity contribution in [1.82, 2.24) is 0 Å². The molecule has 2 heterocycles. The van der Waals surface area contributed by atoms with Gasteiger partial charge in [0.25, 0.3) is 0 Å². The van der Waals surface area contributed by atoms with Crippen LogP contribution in [0, 0.1) is 0 Å². The van der Waals surface area contributed by atoms with Gasteiger partial charge in [0.1, 0.15) is 54.9 Å². The van der Waals surface area contributed by atoms with Gasteiger partial charge in [0.05, 0.1) is 26.4 Å². The number of ether oxygens (including phenoxy) is 6. The topological polar surface area (TPSA) is 214 Å². The number of carbonyl (C=O) groups is 1. The summed E-state index contributed by atoms with van der Waals surface area (Å²) in [5, 5.41) is 70.9. The third-order valence-corrected chi connectivity index (χ3v) is 10.4. The average molecular weight is 781 g/mol. The van der Waals surface area contributed by atoms with Crippen LogP contribution in [0.25, 0.3) is 0 Å². The van der Waals surface area contributed by atoms with Crippen LogP contribution in [0.1, 0.15) is 149 Å². The van der Waals surface area contributed by atoms with Gasteiger partial charge in [-0.2, -0.15) is 0 Å². The van der Waals surface area contributed by atoms with Gasteiger partial charge in [-0.1, -0.05) is 135 Å². The Labute approximate surface area is 323 Å². The van der Waals surface area contributed by atoms with E-state index in [1.54, 1.807) is 0 Å².